The number of nitrogens with two attached hydrogens (primary N) is 1. The van der Waals surface area contributed by atoms with Crippen LogP contribution in [0.25, 0.3) is 0 Å². The van der Waals surface area contributed by atoms with E-state index in [9.17, 15) is 5.11 Å². The second-order valence-corrected chi connectivity index (χ2v) is 4.74. The Morgan fingerprint density at radius 1 is 1.47 bits per heavy atom. The van der Waals surface area contributed by atoms with Crippen LogP contribution in [0.1, 0.15) is 44.0 Å². The first-order valence-electron chi connectivity index (χ1n) is 6.53. The van der Waals surface area contributed by atoms with Crippen molar-refractivity contribution >= 4 is 29.9 Å². The van der Waals surface area contributed by atoms with Gasteiger partial charge in [-0.2, -0.15) is 0 Å². The second kappa shape index (κ2) is 8.42. The van der Waals surface area contributed by atoms with E-state index in [2.05, 4.69) is 10.3 Å². The van der Waals surface area contributed by atoms with Crippen LogP contribution in [-0.4, -0.2) is 23.7 Å². The number of nitrogens with one attached hydrogen (secondary N) is 1. The van der Waals surface area contributed by atoms with Crippen molar-refractivity contribution in [2.75, 3.05) is 6.54 Å². The summed E-state index contributed by atoms with van der Waals surface area (Å²) in [5.74, 6) is 0.928. The number of guanidine groups is 1. The second-order valence-electron chi connectivity index (χ2n) is 4.74. The van der Waals surface area contributed by atoms with Crippen LogP contribution in [0, 0.1) is 0 Å². The van der Waals surface area contributed by atoms with Gasteiger partial charge >= 0.3 is 0 Å². The van der Waals surface area contributed by atoms with Crippen molar-refractivity contribution in [3.63, 3.8) is 0 Å². The molecule has 1 aliphatic carbocycles. The first-order chi connectivity index (χ1) is 8.75. The summed E-state index contributed by atoms with van der Waals surface area (Å²) in [4.78, 5) is 4.15. The van der Waals surface area contributed by atoms with Crippen molar-refractivity contribution < 1.29 is 9.52 Å². The highest BCUT2D eigenvalue weighted by atomic mass is 127. The highest BCUT2D eigenvalue weighted by molar-refractivity contribution is 14.0. The summed E-state index contributed by atoms with van der Waals surface area (Å²) in [6, 6.07) is 3.90. The number of nitrogens with zero attached hydrogens (tertiary/aromatic N) is 1. The van der Waals surface area contributed by atoms with E-state index in [1.807, 2.05) is 0 Å². The number of furan rings is 1. The van der Waals surface area contributed by atoms with Crippen LogP contribution in [0.15, 0.2) is 27.8 Å². The number of hydrogen-bond acceptors (Lipinski definition) is 3. The molecule has 5 nitrogen and oxygen atoms in total. The van der Waals surface area contributed by atoms with Crippen LogP contribution >= 0.6 is 24.0 Å². The van der Waals surface area contributed by atoms with Gasteiger partial charge in [0.1, 0.15) is 11.9 Å². The van der Waals surface area contributed by atoms with E-state index < -0.39 is 6.10 Å². The third kappa shape index (κ3) is 5.40. The highest BCUT2D eigenvalue weighted by Gasteiger charge is 2.14. The Morgan fingerprint density at radius 3 is 2.84 bits per heavy atom. The summed E-state index contributed by atoms with van der Waals surface area (Å²) < 4.78 is 5.10. The Bertz CT molecular complexity index is 375. The van der Waals surface area contributed by atoms with Gasteiger partial charge < -0.3 is 20.6 Å². The van der Waals surface area contributed by atoms with Gasteiger partial charge in [0.2, 0.25) is 0 Å². The van der Waals surface area contributed by atoms with Crippen LogP contribution < -0.4 is 11.1 Å². The van der Waals surface area contributed by atoms with Crippen LogP contribution in [0.4, 0.5) is 0 Å². The lowest BCUT2D eigenvalue weighted by molar-refractivity contribution is 0.158. The van der Waals surface area contributed by atoms with Crippen molar-refractivity contribution in [2.24, 2.45) is 10.7 Å². The van der Waals surface area contributed by atoms with Crippen LogP contribution in [-0.2, 0) is 0 Å². The topological polar surface area (TPSA) is 83.8 Å². The van der Waals surface area contributed by atoms with Gasteiger partial charge in [-0.15, -0.1) is 24.0 Å². The Kier molecular flexibility index (Phi) is 7.22. The Balaban J connectivity index is 0.00000180. The molecular weight excluding hydrogens is 357 g/mol. The van der Waals surface area contributed by atoms with E-state index in [4.69, 9.17) is 10.2 Å². The number of aliphatic hydroxyl groups is 1. The molecule has 0 saturated heterocycles. The van der Waals surface area contributed by atoms with Crippen molar-refractivity contribution in [3.8, 4) is 0 Å². The van der Waals surface area contributed by atoms with Gasteiger partial charge in [0.15, 0.2) is 5.96 Å². The zero-order valence-electron chi connectivity index (χ0n) is 10.9. The largest absolute Gasteiger partial charge is 0.467 e. The number of halogens is 1. The summed E-state index contributed by atoms with van der Waals surface area (Å²) in [5, 5.41) is 13.0. The minimum atomic E-state index is -0.730. The molecule has 1 aromatic rings. The summed E-state index contributed by atoms with van der Waals surface area (Å²) >= 11 is 0. The molecule has 6 heteroatoms. The van der Waals surface area contributed by atoms with E-state index >= 15 is 0 Å². The Hall–Kier alpha value is -0.760. The molecular formula is C13H22IN3O2. The van der Waals surface area contributed by atoms with E-state index in [0.29, 0.717) is 17.8 Å². The summed E-state index contributed by atoms with van der Waals surface area (Å²) in [5.41, 5.74) is 5.80. The maximum absolute atomic E-state index is 9.78. The minimum absolute atomic E-state index is 0. The summed E-state index contributed by atoms with van der Waals surface area (Å²) in [7, 11) is 0. The molecule has 1 unspecified atom stereocenters. The van der Waals surface area contributed by atoms with Gasteiger partial charge in [-0.3, -0.25) is 4.99 Å². The average Bonchev–Trinajstić information content (AvgIpc) is 2.91. The maximum atomic E-state index is 9.78. The molecule has 1 heterocycles. The maximum Gasteiger partial charge on any atom is 0.188 e. The predicted molar refractivity (Wildman–Crippen MR) is 85.6 cm³/mol. The predicted octanol–water partition coefficient (Wildman–Crippen LogP) is 2.17. The monoisotopic (exact) mass is 379 g/mol. The minimum Gasteiger partial charge on any atom is -0.467 e. The third-order valence-corrected chi connectivity index (χ3v) is 3.26. The fraction of sp³-hybridized carbons (Fsp3) is 0.615. The van der Waals surface area contributed by atoms with Gasteiger partial charge in [-0.1, -0.05) is 19.3 Å². The molecule has 0 aromatic carbocycles. The standard InChI is InChI=1S/C13H21N3O2.HI/c14-13(16-10-5-2-1-3-6-10)15-9-11(17)12-7-4-8-18-12;/h4,7-8,10-11,17H,1-3,5-6,9H2,(H3,14,15,16);1H. The van der Waals surface area contributed by atoms with Gasteiger partial charge in [-0.05, 0) is 25.0 Å². The number of aliphatic imine (C=N–C) groups is 1. The van der Waals surface area contributed by atoms with E-state index in [1.54, 1.807) is 12.1 Å². The number of aliphatic hydroxyl groups excluding tert-OH is 1. The van der Waals surface area contributed by atoms with Crippen molar-refractivity contribution in [1.29, 1.82) is 0 Å². The molecule has 0 bridgehead atoms. The first-order valence-corrected chi connectivity index (χ1v) is 6.53. The molecule has 0 radical (unpaired) electrons. The van der Waals surface area contributed by atoms with Gasteiger partial charge in [-0.25, -0.2) is 0 Å². The SMILES string of the molecule is I.NC(=NCC(O)c1ccco1)NC1CCCCC1. The van der Waals surface area contributed by atoms with E-state index in [0.717, 1.165) is 12.8 Å². The highest BCUT2D eigenvalue weighted by Crippen LogP contribution is 2.17. The Morgan fingerprint density at radius 2 is 2.21 bits per heavy atom. The van der Waals surface area contributed by atoms with Crippen molar-refractivity contribution in [2.45, 2.75) is 44.2 Å². The van der Waals surface area contributed by atoms with Gasteiger partial charge in [0.05, 0.1) is 12.8 Å². The molecule has 0 amide bonds. The molecule has 1 aromatic heterocycles. The van der Waals surface area contributed by atoms with E-state index in [1.165, 1.54) is 25.5 Å². The lowest BCUT2D eigenvalue weighted by Gasteiger charge is -2.23. The number of rotatable bonds is 4. The molecule has 2 rings (SSSR count). The van der Waals surface area contributed by atoms with Crippen molar-refractivity contribution in [3.05, 3.63) is 24.2 Å². The van der Waals surface area contributed by atoms with Crippen LogP contribution in [0.3, 0.4) is 0 Å². The molecule has 0 aliphatic heterocycles. The van der Waals surface area contributed by atoms with Crippen LogP contribution in [0.2, 0.25) is 0 Å². The molecule has 1 atom stereocenters. The smallest absolute Gasteiger partial charge is 0.188 e. The molecule has 1 aliphatic rings. The molecule has 1 fully saturated rings. The Labute approximate surface area is 130 Å². The zero-order chi connectivity index (χ0) is 12.8. The van der Waals surface area contributed by atoms with E-state index in [-0.39, 0.29) is 30.5 Å². The average molecular weight is 379 g/mol. The van der Waals surface area contributed by atoms with Gasteiger partial charge in [0, 0.05) is 6.04 Å². The molecule has 4 N–H and O–H groups in total. The molecule has 0 spiro atoms. The van der Waals surface area contributed by atoms with Crippen LogP contribution in [0.5, 0.6) is 0 Å². The quantitative estimate of drug-likeness (QED) is 0.425. The summed E-state index contributed by atoms with van der Waals surface area (Å²) in [6.45, 7) is 0.221. The first kappa shape index (κ1) is 16.3. The fourth-order valence-electron chi connectivity index (χ4n) is 2.26. The molecule has 1 saturated carbocycles. The zero-order valence-corrected chi connectivity index (χ0v) is 13.2. The molecule has 108 valence electrons. The lowest BCUT2D eigenvalue weighted by Crippen LogP contribution is -2.41. The summed E-state index contributed by atoms with van der Waals surface area (Å²) in [6.07, 6.45) is 6.92. The third-order valence-electron chi connectivity index (χ3n) is 3.26. The normalized spacial score (nSPS) is 18.7. The molecule has 19 heavy (non-hydrogen) atoms. The lowest BCUT2D eigenvalue weighted by atomic mass is 9.96. The van der Waals surface area contributed by atoms with Gasteiger partial charge in [0.25, 0.3) is 0 Å². The van der Waals surface area contributed by atoms with Crippen molar-refractivity contribution in [1.82, 2.24) is 5.32 Å². The number of hydrogen-bond donors (Lipinski definition) is 3. The fourth-order valence-corrected chi connectivity index (χ4v) is 2.26.